The van der Waals surface area contributed by atoms with Gasteiger partial charge in [-0.05, 0) is 29.9 Å². The van der Waals surface area contributed by atoms with Crippen LogP contribution < -0.4 is 0 Å². The fraction of sp³-hybridized carbons (Fsp3) is 0.333. The Kier molecular flexibility index (Phi) is 2.59. The monoisotopic (exact) mass is 188 g/mol. The van der Waals surface area contributed by atoms with Crippen LogP contribution in [0.1, 0.15) is 23.4 Å². The number of rotatable bonds is 2. The molecular formula is C9H9BN2S. The van der Waals surface area contributed by atoms with Crippen LogP contribution in [0.2, 0.25) is 0 Å². The first-order valence-corrected chi connectivity index (χ1v) is 5.07. The van der Waals surface area contributed by atoms with E-state index in [9.17, 15) is 0 Å². The molecule has 0 unspecified atom stereocenters. The van der Waals surface area contributed by atoms with Gasteiger partial charge in [0, 0.05) is 4.88 Å². The van der Waals surface area contributed by atoms with Crippen molar-refractivity contribution in [3.63, 3.8) is 0 Å². The number of allylic oxidation sites excluding steroid dienone is 4. The average Bonchev–Trinajstić information content (AvgIpc) is 2.67. The molecule has 0 saturated heterocycles. The molecule has 0 bridgehead atoms. The van der Waals surface area contributed by atoms with Gasteiger partial charge in [0.2, 0.25) is 0 Å². The Morgan fingerprint density at radius 2 is 2.38 bits per heavy atom. The molecule has 1 aromatic heterocycles. The van der Waals surface area contributed by atoms with Crippen LogP contribution in [0.5, 0.6) is 0 Å². The number of hydrogen-bond donors (Lipinski definition) is 0. The van der Waals surface area contributed by atoms with Gasteiger partial charge in [0.25, 0.3) is 0 Å². The molecule has 0 N–H and O–H groups in total. The zero-order chi connectivity index (χ0) is 9.10. The van der Waals surface area contributed by atoms with Crippen molar-refractivity contribution in [2.75, 3.05) is 0 Å². The summed E-state index contributed by atoms with van der Waals surface area (Å²) in [6, 6.07) is 0. The largest absolute Gasteiger partial charge is 0.138 e. The maximum Gasteiger partial charge on any atom is 0.107 e. The third-order valence-corrected chi connectivity index (χ3v) is 2.75. The van der Waals surface area contributed by atoms with Gasteiger partial charge in [0.05, 0.1) is 7.85 Å². The van der Waals surface area contributed by atoms with E-state index >= 15 is 0 Å². The summed E-state index contributed by atoms with van der Waals surface area (Å²) in [5.74, 6) is 0. The van der Waals surface area contributed by atoms with E-state index < -0.39 is 0 Å². The van der Waals surface area contributed by atoms with E-state index in [0.717, 1.165) is 23.4 Å². The fourth-order valence-corrected chi connectivity index (χ4v) is 1.89. The van der Waals surface area contributed by atoms with Gasteiger partial charge in [-0.3, -0.25) is 0 Å². The molecule has 13 heavy (non-hydrogen) atoms. The predicted octanol–water partition coefficient (Wildman–Crippen LogP) is 1.94. The van der Waals surface area contributed by atoms with Crippen LogP contribution in [0.25, 0.3) is 5.57 Å². The molecule has 4 heteroatoms. The Morgan fingerprint density at radius 1 is 1.46 bits per heavy atom. The van der Waals surface area contributed by atoms with Crippen LogP contribution in [0.3, 0.4) is 0 Å². The highest BCUT2D eigenvalue weighted by Gasteiger charge is 2.09. The van der Waals surface area contributed by atoms with Gasteiger partial charge >= 0.3 is 0 Å². The second-order valence-corrected chi connectivity index (χ2v) is 3.73. The Labute approximate surface area is 82.9 Å². The smallest absolute Gasteiger partial charge is 0.107 e. The lowest BCUT2D eigenvalue weighted by Crippen LogP contribution is -1.91. The summed E-state index contributed by atoms with van der Waals surface area (Å²) >= 11 is 1.38. The number of nitrogens with zero attached hydrogens (tertiary/aromatic N) is 2. The standard InChI is InChI=1S/C9H9BN2S/c10-6-8-9(11-12-13-8)7-4-2-1-3-5-7/h2,4-5H,1,3,6H2. The molecule has 64 valence electrons. The van der Waals surface area contributed by atoms with E-state index in [2.05, 4.69) is 27.8 Å². The quantitative estimate of drug-likeness (QED) is 0.662. The first kappa shape index (κ1) is 8.69. The van der Waals surface area contributed by atoms with Crippen molar-refractivity contribution >= 4 is 25.0 Å². The normalized spacial score (nSPS) is 15.8. The van der Waals surface area contributed by atoms with Crippen LogP contribution in [0.15, 0.2) is 18.2 Å². The molecule has 1 aliphatic rings. The minimum atomic E-state index is 0.526. The Bertz CT molecular complexity index is 354. The number of hydrogen-bond acceptors (Lipinski definition) is 3. The Hall–Kier alpha value is -0.895. The summed E-state index contributed by atoms with van der Waals surface area (Å²) in [6.07, 6.45) is 9.19. The van der Waals surface area contributed by atoms with E-state index in [1.165, 1.54) is 17.1 Å². The number of aromatic nitrogens is 2. The second-order valence-electron chi connectivity index (χ2n) is 2.89. The fourth-order valence-electron chi connectivity index (χ4n) is 1.35. The maximum absolute atomic E-state index is 5.58. The predicted molar refractivity (Wildman–Crippen MR) is 55.7 cm³/mol. The molecule has 2 radical (unpaired) electrons. The van der Waals surface area contributed by atoms with Crippen molar-refractivity contribution in [2.45, 2.75) is 19.2 Å². The molecule has 0 saturated carbocycles. The van der Waals surface area contributed by atoms with Crippen LogP contribution in [0.4, 0.5) is 0 Å². The van der Waals surface area contributed by atoms with Gasteiger partial charge in [0.1, 0.15) is 5.69 Å². The molecule has 2 rings (SSSR count). The van der Waals surface area contributed by atoms with Crippen LogP contribution in [-0.2, 0) is 6.32 Å². The minimum absolute atomic E-state index is 0.526. The van der Waals surface area contributed by atoms with Crippen molar-refractivity contribution in [3.05, 3.63) is 28.8 Å². The lowest BCUT2D eigenvalue weighted by atomic mass is 9.97. The third kappa shape index (κ3) is 1.72. The lowest BCUT2D eigenvalue weighted by molar-refractivity contribution is 1.03. The summed E-state index contributed by atoms with van der Waals surface area (Å²) < 4.78 is 3.91. The van der Waals surface area contributed by atoms with Gasteiger partial charge in [0.15, 0.2) is 0 Å². The highest BCUT2D eigenvalue weighted by molar-refractivity contribution is 7.06. The van der Waals surface area contributed by atoms with Gasteiger partial charge < -0.3 is 0 Å². The van der Waals surface area contributed by atoms with Crippen molar-refractivity contribution < 1.29 is 0 Å². The molecule has 0 fully saturated rings. The zero-order valence-corrected chi connectivity index (χ0v) is 8.05. The van der Waals surface area contributed by atoms with Crippen molar-refractivity contribution in [3.8, 4) is 0 Å². The van der Waals surface area contributed by atoms with E-state index in [1.54, 1.807) is 0 Å². The lowest BCUT2D eigenvalue weighted by Gasteiger charge is -2.04. The van der Waals surface area contributed by atoms with E-state index in [4.69, 9.17) is 7.85 Å². The van der Waals surface area contributed by atoms with Crippen LogP contribution >= 0.6 is 11.5 Å². The minimum Gasteiger partial charge on any atom is -0.138 e. The van der Waals surface area contributed by atoms with Gasteiger partial charge in [-0.2, -0.15) is 0 Å². The summed E-state index contributed by atoms with van der Waals surface area (Å²) in [6.45, 7) is 0. The van der Waals surface area contributed by atoms with Gasteiger partial charge in [-0.15, -0.1) is 5.10 Å². The molecule has 0 aromatic carbocycles. The van der Waals surface area contributed by atoms with Crippen LogP contribution in [0, 0.1) is 0 Å². The molecule has 0 atom stereocenters. The summed E-state index contributed by atoms with van der Waals surface area (Å²) in [5.41, 5.74) is 2.13. The molecule has 1 aliphatic carbocycles. The van der Waals surface area contributed by atoms with E-state index in [-0.39, 0.29) is 0 Å². The second kappa shape index (κ2) is 3.88. The molecule has 0 aliphatic heterocycles. The molecule has 1 heterocycles. The highest BCUT2D eigenvalue weighted by atomic mass is 32.1. The van der Waals surface area contributed by atoms with E-state index in [0.29, 0.717) is 6.32 Å². The zero-order valence-electron chi connectivity index (χ0n) is 7.23. The molecule has 1 aromatic rings. The Balaban J connectivity index is 2.34. The van der Waals surface area contributed by atoms with Gasteiger partial charge in [-0.25, -0.2) is 0 Å². The first-order valence-electron chi connectivity index (χ1n) is 4.30. The average molecular weight is 188 g/mol. The molecular weight excluding hydrogens is 179 g/mol. The topological polar surface area (TPSA) is 25.8 Å². The van der Waals surface area contributed by atoms with Crippen LogP contribution in [-0.4, -0.2) is 17.4 Å². The molecule has 0 amide bonds. The summed E-state index contributed by atoms with van der Waals surface area (Å²) in [7, 11) is 5.58. The van der Waals surface area contributed by atoms with E-state index in [1.807, 2.05) is 0 Å². The van der Waals surface area contributed by atoms with Crippen molar-refractivity contribution in [1.82, 2.24) is 9.59 Å². The summed E-state index contributed by atoms with van der Waals surface area (Å²) in [5, 5.41) is 4.08. The van der Waals surface area contributed by atoms with Crippen molar-refractivity contribution in [2.24, 2.45) is 0 Å². The SMILES string of the molecule is [B]Cc1snnc1C1=CCCC=C1. The first-order chi connectivity index (χ1) is 6.42. The highest BCUT2D eigenvalue weighted by Crippen LogP contribution is 2.24. The maximum atomic E-state index is 5.58. The summed E-state index contributed by atoms with van der Waals surface area (Å²) in [4.78, 5) is 1.07. The van der Waals surface area contributed by atoms with Gasteiger partial charge in [-0.1, -0.05) is 29.0 Å². The molecule has 2 nitrogen and oxygen atoms in total. The third-order valence-electron chi connectivity index (χ3n) is 2.01. The Morgan fingerprint density at radius 3 is 3.08 bits per heavy atom. The van der Waals surface area contributed by atoms with Crippen molar-refractivity contribution in [1.29, 1.82) is 0 Å². The molecule has 0 spiro atoms.